The van der Waals surface area contributed by atoms with Gasteiger partial charge in [-0.25, -0.2) is 0 Å². The van der Waals surface area contributed by atoms with Crippen molar-refractivity contribution in [1.82, 2.24) is 0 Å². The van der Waals surface area contributed by atoms with Crippen LogP contribution in [0.2, 0.25) is 0 Å². The zero-order chi connectivity index (χ0) is 32.7. The van der Waals surface area contributed by atoms with E-state index < -0.39 is 0 Å². The monoisotopic (exact) mass is 622 g/mol. The predicted molar refractivity (Wildman–Crippen MR) is 211 cm³/mol. The van der Waals surface area contributed by atoms with Gasteiger partial charge in [-0.3, -0.25) is 0 Å². The summed E-state index contributed by atoms with van der Waals surface area (Å²) in [6, 6.07) is 58.7. The molecule has 0 spiro atoms. The van der Waals surface area contributed by atoms with Crippen LogP contribution in [0.15, 0.2) is 158 Å². The molecule has 0 heteroatoms. The minimum atomic E-state index is -0.0797. The first-order valence-corrected chi connectivity index (χ1v) is 17.2. The van der Waals surface area contributed by atoms with E-state index in [4.69, 9.17) is 0 Å². The highest BCUT2D eigenvalue weighted by Gasteiger charge is 2.35. The van der Waals surface area contributed by atoms with Crippen molar-refractivity contribution in [2.24, 2.45) is 0 Å². The molecular formula is C49H34. The first kappa shape index (κ1) is 28.1. The quantitative estimate of drug-likeness (QED) is 0.135. The Bertz CT molecular complexity index is 2760. The Labute approximate surface area is 286 Å². The van der Waals surface area contributed by atoms with E-state index in [0.717, 1.165) is 0 Å². The van der Waals surface area contributed by atoms with E-state index in [1.54, 1.807) is 0 Å². The van der Waals surface area contributed by atoms with Crippen molar-refractivity contribution in [3.05, 3.63) is 180 Å². The molecule has 49 heavy (non-hydrogen) atoms. The van der Waals surface area contributed by atoms with Gasteiger partial charge in [0.15, 0.2) is 0 Å². The fourth-order valence-corrected chi connectivity index (χ4v) is 8.37. The molecule has 9 aromatic rings. The van der Waals surface area contributed by atoms with Gasteiger partial charge in [0.05, 0.1) is 0 Å². The summed E-state index contributed by atoms with van der Waals surface area (Å²) in [6.07, 6.45) is 4.42. The van der Waals surface area contributed by atoms with Crippen molar-refractivity contribution in [2.45, 2.75) is 19.3 Å². The molecule has 0 fully saturated rings. The van der Waals surface area contributed by atoms with Crippen LogP contribution in [-0.2, 0) is 5.41 Å². The van der Waals surface area contributed by atoms with Gasteiger partial charge in [-0.15, -0.1) is 0 Å². The topological polar surface area (TPSA) is 0 Å². The van der Waals surface area contributed by atoms with Crippen LogP contribution < -0.4 is 0 Å². The molecule has 0 atom stereocenters. The van der Waals surface area contributed by atoms with Crippen molar-refractivity contribution in [2.75, 3.05) is 0 Å². The number of benzene rings is 9. The summed E-state index contributed by atoms with van der Waals surface area (Å²) in [5.74, 6) is 0. The standard InChI is InChI=1S/C49H34/c1-49(2)45-27-32(12-11-31-7-4-3-5-8-31)13-23-42(45)43-25-22-39(30-46(43)49)37-16-17-38-29-40(19-18-36(38)28-37)41-24-20-35-15-14-33-9-6-10-34-21-26-44(41)48(35)47(33)34/h3-30H,1-2H3. The molecule has 0 amide bonds. The van der Waals surface area contributed by atoms with Crippen molar-refractivity contribution >= 4 is 55.2 Å². The van der Waals surface area contributed by atoms with Gasteiger partial charge in [0.1, 0.15) is 0 Å². The zero-order valence-electron chi connectivity index (χ0n) is 27.7. The second-order valence-electron chi connectivity index (χ2n) is 14.2. The summed E-state index contributed by atoms with van der Waals surface area (Å²) < 4.78 is 0. The Hall–Kier alpha value is -5.98. The maximum absolute atomic E-state index is 2.43. The van der Waals surface area contributed by atoms with E-state index >= 15 is 0 Å². The lowest BCUT2D eigenvalue weighted by molar-refractivity contribution is 0.660. The van der Waals surface area contributed by atoms with Crippen molar-refractivity contribution < 1.29 is 0 Å². The number of fused-ring (bicyclic) bond motifs is 4. The van der Waals surface area contributed by atoms with E-state index in [2.05, 4.69) is 184 Å². The molecule has 0 nitrogen and oxygen atoms in total. The fourth-order valence-electron chi connectivity index (χ4n) is 8.37. The van der Waals surface area contributed by atoms with Gasteiger partial charge in [-0.2, -0.15) is 0 Å². The number of rotatable bonds is 4. The van der Waals surface area contributed by atoms with Crippen molar-refractivity contribution in [3.8, 4) is 33.4 Å². The lowest BCUT2D eigenvalue weighted by Crippen LogP contribution is -2.15. The van der Waals surface area contributed by atoms with E-state index in [0.29, 0.717) is 0 Å². The molecule has 10 rings (SSSR count). The molecule has 0 radical (unpaired) electrons. The zero-order valence-corrected chi connectivity index (χ0v) is 27.7. The molecule has 230 valence electrons. The highest BCUT2D eigenvalue weighted by atomic mass is 14.4. The van der Waals surface area contributed by atoms with E-state index in [1.807, 2.05) is 0 Å². The van der Waals surface area contributed by atoms with Crippen LogP contribution in [0, 0.1) is 0 Å². The Morgan fingerprint density at radius 1 is 0.367 bits per heavy atom. The molecular weight excluding hydrogens is 589 g/mol. The Morgan fingerprint density at radius 3 is 1.71 bits per heavy atom. The summed E-state index contributed by atoms with van der Waals surface area (Å²) in [5.41, 5.74) is 12.9. The number of hydrogen-bond acceptors (Lipinski definition) is 0. The van der Waals surface area contributed by atoms with Crippen molar-refractivity contribution in [1.29, 1.82) is 0 Å². The minimum Gasteiger partial charge on any atom is -0.0622 e. The first-order valence-electron chi connectivity index (χ1n) is 17.2. The summed E-state index contributed by atoms with van der Waals surface area (Å²) in [7, 11) is 0. The molecule has 0 unspecified atom stereocenters. The average Bonchev–Trinajstić information content (AvgIpc) is 3.37. The molecule has 1 aliphatic carbocycles. The predicted octanol–water partition coefficient (Wildman–Crippen LogP) is 13.5. The van der Waals surface area contributed by atoms with Gasteiger partial charge in [0, 0.05) is 5.41 Å². The summed E-state index contributed by atoms with van der Waals surface area (Å²) in [6.45, 7) is 4.74. The van der Waals surface area contributed by atoms with Gasteiger partial charge >= 0.3 is 0 Å². The third-order valence-electron chi connectivity index (χ3n) is 11.0. The second kappa shape index (κ2) is 10.5. The van der Waals surface area contributed by atoms with Gasteiger partial charge in [-0.05, 0) is 117 Å². The van der Waals surface area contributed by atoms with Crippen LogP contribution in [0.5, 0.6) is 0 Å². The molecule has 9 aromatic carbocycles. The smallest absolute Gasteiger partial charge is 0.0159 e. The van der Waals surface area contributed by atoms with Crippen LogP contribution in [0.1, 0.15) is 36.1 Å². The summed E-state index contributed by atoms with van der Waals surface area (Å²) in [4.78, 5) is 0. The molecule has 0 aromatic heterocycles. The molecule has 1 aliphatic rings. The average molecular weight is 623 g/mol. The highest BCUT2D eigenvalue weighted by Crippen LogP contribution is 2.50. The van der Waals surface area contributed by atoms with Crippen LogP contribution in [0.25, 0.3) is 88.6 Å². The summed E-state index contributed by atoms with van der Waals surface area (Å²) in [5, 5.41) is 10.5. The molecule has 0 saturated carbocycles. The van der Waals surface area contributed by atoms with Gasteiger partial charge < -0.3 is 0 Å². The van der Waals surface area contributed by atoms with E-state index in [-0.39, 0.29) is 5.41 Å². The van der Waals surface area contributed by atoms with Crippen LogP contribution in [0.3, 0.4) is 0 Å². The second-order valence-corrected chi connectivity index (χ2v) is 14.2. The minimum absolute atomic E-state index is 0.0797. The third kappa shape index (κ3) is 4.38. The molecule has 0 bridgehead atoms. The molecule has 0 N–H and O–H groups in total. The van der Waals surface area contributed by atoms with Gasteiger partial charge in [-0.1, -0.05) is 166 Å². The van der Waals surface area contributed by atoms with Gasteiger partial charge in [0.2, 0.25) is 0 Å². The Balaban J connectivity index is 0.997. The van der Waals surface area contributed by atoms with Crippen LogP contribution in [0.4, 0.5) is 0 Å². The molecule has 0 heterocycles. The molecule has 0 saturated heterocycles. The summed E-state index contributed by atoms with van der Waals surface area (Å²) >= 11 is 0. The largest absolute Gasteiger partial charge is 0.0622 e. The van der Waals surface area contributed by atoms with Crippen molar-refractivity contribution in [3.63, 3.8) is 0 Å². The first-order chi connectivity index (χ1) is 24.0. The third-order valence-corrected chi connectivity index (χ3v) is 11.0. The normalized spacial score (nSPS) is 13.6. The number of hydrogen-bond donors (Lipinski definition) is 0. The Morgan fingerprint density at radius 2 is 0.918 bits per heavy atom. The SMILES string of the molecule is CC1(C)c2cc(C=Cc3ccccc3)ccc2-c2ccc(-c3ccc4cc(-c5ccc6ccc7cccc8ccc5c6c78)ccc4c3)cc21. The van der Waals surface area contributed by atoms with Crippen LogP contribution in [-0.4, -0.2) is 0 Å². The van der Waals surface area contributed by atoms with Crippen LogP contribution >= 0.6 is 0 Å². The van der Waals surface area contributed by atoms with E-state index in [1.165, 1.54) is 98.7 Å². The van der Waals surface area contributed by atoms with Gasteiger partial charge in [0.25, 0.3) is 0 Å². The lowest BCUT2D eigenvalue weighted by atomic mass is 9.81. The van der Waals surface area contributed by atoms with E-state index in [9.17, 15) is 0 Å². The molecule has 0 aliphatic heterocycles. The lowest BCUT2D eigenvalue weighted by Gasteiger charge is -2.22. The fraction of sp³-hybridized carbons (Fsp3) is 0.0612. The maximum atomic E-state index is 2.43. The highest BCUT2D eigenvalue weighted by molar-refractivity contribution is 6.25. The Kier molecular flexibility index (Phi) is 6.02. The maximum Gasteiger partial charge on any atom is 0.0159 e.